The maximum absolute atomic E-state index is 13.8. The molecule has 0 spiro atoms. The summed E-state index contributed by atoms with van der Waals surface area (Å²) in [7, 11) is 0. The maximum atomic E-state index is 13.8. The van der Waals surface area contributed by atoms with E-state index in [-0.39, 0.29) is 19.1 Å². The number of carbonyl (C=O) groups excluding carboxylic acids is 3. The Morgan fingerprint density at radius 3 is 2.51 bits per heavy atom. The summed E-state index contributed by atoms with van der Waals surface area (Å²) < 4.78 is 19.0. The molecule has 2 N–H and O–H groups in total. The molecule has 3 aromatic carbocycles. The van der Waals surface area contributed by atoms with E-state index in [0.717, 1.165) is 5.56 Å². The zero-order chi connectivity index (χ0) is 30.2. The largest absolute Gasteiger partial charge is 0.445 e. The molecule has 2 heterocycles. The Hall–Kier alpha value is -5.03. The number of thioether (sulfide) groups is 1. The summed E-state index contributed by atoms with van der Waals surface area (Å²) in [5.74, 6) is -1.04. The van der Waals surface area contributed by atoms with Crippen LogP contribution in [0.2, 0.25) is 0 Å². The molecule has 1 aromatic heterocycles. The summed E-state index contributed by atoms with van der Waals surface area (Å²) in [4.78, 5) is 48.8. The number of amides is 3. The van der Waals surface area contributed by atoms with Gasteiger partial charge in [-0.3, -0.25) is 19.5 Å². The molecule has 5 rings (SSSR count). The highest BCUT2D eigenvalue weighted by atomic mass is 32.2. The second kappa shape index (κ2) is 13.8. The van der Waals surface area contributed by atoms with Gasteiger partial charge >= 0.3 is 6.09 Å². The smallest absolute Gasteiger partial charge is 0.408 e. The summed E-state index contributed by atoms with van der Waals surface area (Å²) in [6.07, 6.45) is 0.950. The number of ether oxygens (including phenoxy) is 1. The van der Waals surface area contributed by atoms with Crippen molar-refractivity contribution in [2.45, 2.75) is 31.4 Å². The Kier molecular flexibility index (Phi) is 9.42. The van der Waals surface area contributed by atoms with Crippen LogP contribution in [0.25, 0.3) is 0 Å². The van der Waals surface area contributed by atoms with Gasteiger partial charge in [0.2, 0.25) is 11.8 Å². The van der Waals surface area contributed by atoms with Crippen LogP contribution in [0.4, 0.5) is 20.6 Å². The van der Waals surface area contributed by atoms with Gasteiger partial charge < -0.3 is 15.4 Å². The number of aliphatic imine (C=N–C) groups is 1. The Bertz CT molecular complexity index is 1620. The number of nitrogens with one attached hydrogen (secondary N) is 2. The van der Waals surface area contributed by atoms with E-state index in [1.54, 1.807) is 60.5 Å². The van der Waals surface area contributed by atoms with Crippen LogP contribution >= 0.6 is 11.8 Å². The van der Waals surface area contributed by atoms with E-state index in [2.05, 4.69) is 20.6 Å². The van der Waals surface area contributed by atoms with Gasteiger partial charge in [-0.05, 0) is 60.5 Å². The second-order valence-corrected chi connectivity index (χ2v) is 10.7. The molecule has 1 unspecified atom stereocenters. The van der Waals surface area contributed by atoms with Gasteiger partial charge in [0.05, 0.1) is 17.9 Å². The third-order valence-corrected chi connectivity index (χ3v) is 7.68. The van der Waals surface area contributed by atoms with Crippen molar-refractivity contribution in [3.05, 3.63) is 126 Å². The average molecular weight is 598 g/mol. The molecular formula is C32H28FN5O4S. The molecular weight excluding hydrogens is 569 g/mol. The van der Waals surface area contributed by atoms with Crippen molar-refractivity contribution < 1.29 is 23.5 Å². The van der Waals surface area contributed by atoms with E-state index in [4.69, 9.17) is 4.74 Å². The molecule has 0 radical (unpaired) electrons. The molecule has 0 saturated carbocycles. The zero-order valence-corrected chi connectivity index (χ0v) is 24.0. The van der Waals surface area contributed by atoms with Crippen LogP contribution in [-0.4, -0.2) is 39.0 Å². The minimum absolute atomic E-state index is 0.0916. The molecule has 11 heteroatoms. The molecule has 1 saturated heterocycles. The van der Waals surface area contributed by atoms with Crippen molar-refractivity contribution in [2.24, 2.45) is 4.99 Å². The molecule has 1 aliphatic rings. The van der Waals surface area contributed by atoms with Crippen LogP contribution in [0, 0.1) is 5.82 Å². The highest BCUT2D eigenvalue weighted by Gasteiger charge is 2.39. The summed E-state index contributed by atoms with van der Waals surface area (Å²) in [6, 6.07) is 26.6. The minimum Gasteiger partial charge on any atom is -0.445 e. The van der Waals surface area contributed by atoms with Gasteiger partial charge in [-0.2, -0.15) is 0 Å². The maximum Gasteiger partial charge on any atom is 0.408 e. The number of halogens is 1. The van der Waals surface area contributed by atoms with Crippen LogP contribution in [0.5, 0.6) is 0 Å². The summed E-state index contributed by atoms with van der Waals surface area (Å²) in [5, 5.41) is 5.11. The highest BCUT2D eigenvalue weighted by Crippen LogP contribution is 2.41. The molecule has 4 aromatic rings. The lowest BCUT2D eigenvalue weighted by Gasteiger charge is -2.16. The number of amidine groups is 1. The first-order valence-corrected chi connectivity index (χ1v) is 14.3. The lowest BCUT2D eigenvalue weighted by Crippen LogP contribution is -2.41. The third-order valence-electron chi connectivity index (χ3n) is 6.45. The molecule has 43 heavy (non-hydrogen) atoms. The number of alkyl carbamates (subject to hydrolysis) is 1. The SMILES string of the molecule is C[C@@H](NC(=O)OCc1ccccc1)C(=O)Nc1ccc(C2SC(=Nc3cccc(F)c3)N(Cc3ccccn3)C2=O)cc1. The van der Waals surface area contributed by atoms with Crippen molar-refractivity contribution in [1.29, 1.82) is 0 Å². The van der Waals surface area contributed by atoms with Gasteiger partial charge in [-0.25, -0.2) is 14.2 Å². The summed E-state index contributed by atoms with van der Waals surface area (Å²) in [6.45, 7) is 1.86. The number of pyridine rings is 1. The molecule has 1 aliphatic heterocycles. The zero-order valence-electron chi connectivity index (χ0n) is 23.1. The van der Waals surface area contributed by atoms with E-state index < -0.39 is 29.1 Å². The van der Waals surface area contributed by atoms with Crippen molar-refractivity contribution >= 4 is 46.2 Å². The van der Waals surface area contributed by atoms with Crippen LogP contribution in [0.1, 0.15) is 29.0 Å². The van der Waals surface area contributed by atoms with E-state index in [1.165, 1.54) is 23.9 Å². The highest BCUT2D eigenvalue weighted by molar-refractivity contribution is 8.15. The second-order valence-electron chi connectivity index (χ2n) is 9.66. The van der Waals surface area contributed by atoms with E-state index in [0.29, 0.717) is 27.8 Å². The van der Waals surface area contributed by atoms with Crippen LogP contribution < -0.4 is 10.6 Å². The molecule has 9 nitrogen and oxygen atoms in total. The van der Waals surface area contributed by atoms with Crippen molar-refractivity contribution in [1.82, 2.24) is 15.2 Å². The van der Waals surface area contributed by atoms with Crippen LogP contribution in [0.15, 0.2) is 108 Å². The first-order valence-electron chi connectivity index (χ1n) is 13.5. The summed E-state index contributed by atoms with van der Waals surface area (Å²) >= 11 is 1.26. The minimum atomic E-state index is -0.850. The van der Waals surface area contributed by atoms with Gasteiger partial charge in [0.25, 0.3) is 0 Å². The van der Waals surface area contributed by atoms with Gasteiger partial charge in [0.1, 0.15) is 23.7 Å². The Morgan fingerprint density at radius 2 is 1.79 bits per heavy atom. The fraction of sp³-hybridized carbons (Fsp3) is 0.156. The molecule has 0 bridgehead atoms. The van der Waals surface area contributed by atoms with Gasteiger partial charge in [-0.15, -0.1) is 0 Å². The lowest BCUT2D eigenvalue weighted by molar-refractivity contribution is -0.126. The fourth-order valence-corrected chi connectivity index (χ4v) is 5.38. The first kappa shape index (κ1) is 29.5. The van der Waals surface area contributed by atoms with Crippen LogP contribution in [-0.2, 0) is 27.5 Å². The van der Waals surface area contributed by atoms with Gasteiger partial charge in [-0.1, -0.05) is 66.4 Å². The van der Waals surface area contributed by atoms with Crippen LogP contribution in [0.3, 0.4) is 0 Å². The van der Waals surface area contributed by atoms with Gasteiger partial charge in [0, 0.05) is 11.9 Å². The molecule has 3 amide bonds. The van der Waals surface area contributed by atoms with Crippen molar-refractivity contribution in [2.75, 3.05) is 5.32 Å². The normalized spacial score (nSPS) is 16.1. The van der Waals surface area contributed by atoms with E-state index in [1.807, 2.05) is 42.5 Å². The summed E-state index contributed by atoms with van der Waals surface area (Å²) in [5.41, 5.74) is 3.12. The predicted octanol–water partition coefficient (Wildman–Crippen LogP) is 5.98. The topological polar surface area (TPSA) is 113 Å². The average Bonchev–Trinajstić information content (AvgIpc) is 3.31. The number of hydrogen-bond acceptors (Lipinski definition) is 7. The van der Waals surface area contributed by atoms with Crippen molar-refractivity contribution in [3.63, 3.8) is 0 Å². The van der Waals surface area contributed by atoms with E-state index >= 15 is 0 Å². The first-order chi connectivity index (χ1) is 20.9. The Labute approximate surface area is 252 Å². The number of hydrogen-bond donors (Lipinski definition) is 2. The quantitative estimate of drug-likeness (QED) is 0.246. The number of nitrogens with zero attached hydrogens (tertiary/aromatic N) is 3. The molecule has 0 aliphatic carbocycles. The van der Waals surface area contributed by atoms with Crippen molar-refractivity contribution in [3.8, 4) is 0 Å². The lowest BCUT2D eigenvalue weighted by atomic mass is 10.1. The third kappa shape index (κ3) is 7.83. The Morgan fingerprint density at radius 1 is 1.02 bits per heavy atom. The number of anilines is 1. The molecule has 2 atom stereocenters. The number of carbonyl (C=O) groups is 3. The number of benzene rings is 3. The fourth-order valence-electron chi connectivity index (χ4n) is 4.21. The van der Waals surface area contributed by atoms with E-state index in [9.17, 15) is 18.8 Å². The predicted molar refractivity (Wildman–Crippen MR) is 163 cm³/mol. The monoisotopic (exact) mass is 597 g/mol. The standard InChI is InChI=1S/C32H28FN5O4S/c1-21(35-32(41)42-20-22-8-3-2-4-9-22)29(39)36-25-15-13-23(14-16-25)28-30(40)38(19-27-11-5-6-17-34-27)31(43-28)37-26-12-7-10-24(33)18-26/h2-18,21,28H,19-20H2,1H3,(H,35,41)(H,36,39)/t21-,28?/m1/s1. The van der Waals surface area contributed by atoms with Gasteiger partial charge in [0.15, 0.2) is 5.17 Å². The molecule has 1 fully saturated rings. The number of aromatic nitrogens is 1. The molecule has 218 valence electrons. The Balaban J connectivity index is 1.23. The number of rotatable bonds is 9.